The molecule has 16 heavy (non-hydrogen) atoms. The van der Waals surface area contributed by atoms with E-state index >= 15 is 0 Å². The monoisotopic (exact) mass is 230 g/mol. The third-order valence-corrected chi connectivity index (χ3v) is 2.76. The fourth-order valence-corrected chi connectivity index (χ4v) is 1.86. The van der Waals surface area contributed by atoms with Gasteiger partial charge in [0.1, 0.15) is 0 Å². The standard InChI is InChI=1S/C11H23BO4/c1-8(13-5)6-9(2)14-12-15-10(3)7-11(4)16-12/h8-11H,6-7H2,1-5H3. The molecule has 0 aromatic rings. The van der Waals surface area contributed by atoms with E-state index in [1.54, 1.807) is 7.11 Å². The predicted octanol–water partition coefficient (Wildman–Crippen LogP) is 2.02. The second-order valence-corrected chi connectivity index (χ2v) is 4.65. The lowest BCUT2D eigenvalue weighted by Gasteiger charge is -2.31. The van der Waals surface area contributed by atoms with Crippen LogP contribution in [0.4, 0.5) is 0 Å². The quantitative estimate of drug-likeness (QED) is 0.677. The molecular weight excluding hydrogens is 207 g/mol. The topological polar surface area (TPSA) is 36.9 Å². The van der Waals surface area contributed by atoms with E-state index in [0.29, 0.717) is 0 Å². The normalized spacial score (nSPS) is 30.2. The third kappa shape index (κ3) is 4.83. The Kier molecular flexibility index (Phi) is 5.76. The average molecular weight is 230 g/mol. The van der Waals surface area contributed by atoms with Crippen molar-refractivity contribution in [3.8, 4) is 0 Å². The molecule has 0 bridgehead atoms. The smallest absolute Gasteiger partial charge is 0.383 e. The molecule has 0 spiro atoms. The van der Waals surface area contributed by atoms with Gasteiger partial charge in [-0.3, -0.25) is 0 Å². The molecular formula is C11H23BO4. The van der Waals surface area contributed by atoms with Crippen LogP contribution in [0.25, 0.3) is 0 Å². The summed E-state index contributed by atoms with van der Waals surface area (Å²) in [4.78, 5) is 0. The summed E-state index contributed by atoms with van der Waals surface area (Å²) >= 11 is 0. The summed E-state index contributed by atoms with van der Waals surface area (Å²) < 4.78 is 22.0. The molecule has 0 aromatic carbocycles. The van der Waals surface area contributed by atoms with Crippen molar-refractivity contribution < 1.29 is 18.7 Å². The lowest BCUT2D eigenvalue weighted by atomic mass is 10.0. The van der Waals surface area contributed by atoms with E-state index in [1.807, 2.05) is 27.7 Å². The largest absolute Gasteiger partial charge is 0.640 e. The zero-order chi connectivity index (χ0) is 12.1. The fraction of sp³-hybridized carbons (Fsp3) is 1.00. The molecule has 5 heteroatoms. The van der Waals surface area contributed by atoms with Crippen LogP contribution in [0.15, 0.2) is 0 Å². The second-order valence-electron chi connectivity index (χ2n) is 4.65. The Bertz CT molecular complexity index is 192. The van der Waals surface area contributed by atoms with Gasteiger partial charge in [-0.05, 0) is 40.5 Å². The van der Waals surface area contributed by atoms with Gasteiger partial charge in [-0.2, -0.15) is 0 Å². The molecule has 0 amide bonds. The second kappa shape index (κ2) is 6.59. The maximum absolute atomic E-state index is 5.68. The lowest BCUT2D eigenvalue weighted by molar-refractivity contribution is -0.0397. The number of hydrogen-bond acceptors (Lipinski definition) is 4. The van der Waals surface area contributed by atoms with Gasteiger partial charge in [-0.1, -0.05) is 0 Å². The molecule has 4 nitrogen and oxygen atoms in total. The molecule has 1 heterocycles. The Morgan fingerprint density at radius 3 is 2.25 bits per heavy atom. The summed E-state index contributed by atoms with van der Waals surface area (Å²) in [6, 6.07) is 0. The van der Waals surface area contributed by atoms with E-state index in [2.05, 4.69) is 0 Å². The minimum Gasteiger partial charge on any atom is -0.383 e. The molecule has 1 rings (SSSR count). The molecule has 1 fully saturated rings. The number of ether oxygens (including phenoxy) is 1. The Labute approximate surface area is 98.8 Å². The van der Waals surface area contributed by atoms with Crippen molar-refractivity contribution in [2.24, 2.45) is 0 Å². The van der Waals surface area contributed by atoms with E-state index < -0.39 is 7.32 Å². The van der Waals surface area contributed by atoms with Crippen LogP contribution in [0.3, 0.4) is 0 Å². The summed E-state index contributed by atoms with van der Waals surface area (Å²) in [6.45, 7) is 8.11. The summed E-state index contributed by atoms with van der Waals surface area (Å²) in [7, 11) is 1.17. The fourth-order valence-electron chi connectivity index (χ4n) is 1.86. The van der Waals surface area contributed by atoms with E-state index in [4.69, 9.17) is 18.7 Å². The van der Waals surface area contributed by atoms with Gasteiger partial charge in [0.15, 0.2) is 0 Å². The first-order valence-corrected chi connectivity index (χ1v) is 6.00. The van der Waals surface area contributed by atoms with Crippen LogP contribution < -0.4 is 0 Å². The first-order chi connectivity index (χ1) is 7.51. The zero-order valence-electron chi connectivity index (χ0n) is 10.9. The van der Waals surface area contributed by atoms with E-state index in [0.717, 1.165) is 12.8 Å². The molecule has 1 aliphatic heterocycles. The number of methoxy groups -OCH3 is 1. The van der Waals surface area contributed by atoms with Gasteiger partial charge in [-0.15, -0.1) is 0 Å². The van der Waals surface area contributed by atoms with E-state index in [1.165, 1.54) is 0 Å². The highest BCUT2D eigenvalue weighted by molar-refractivity contribution is 6.36. The van der Waals surface area contributed by atoms with Crippen molar-refractivity contribution in [2.75, 3.05) is 7.11 Å². The molecule has 0 N–H and O–H groups in total. The first kappa shape index (κ1) is 14.0. The van der Waals surface area contributed by atoms with Gasteiger partial charge in [-0.25, -0.2) is 0 Å². The zero-order valence-corrected chi connectivity index (χ0v) is 10.9. The van der Waals surface area contributed by atoms with Gasteiger partial charge in [0, 0.05) is 25.4 Å². The van der Waals surface area contributed by atoms with E-state index in [9.17, 15) is 0 Å². The molecule has 4 atom stereocenters. The molecule has 0 radical (unpaired) electrons. The highest BCUT2D eigenvalue weighted by Crippen LogP contribution is 2.18. The lowest BCUT2D eigenvalue weighted by Crippen LogP contribution is -2.43. The SMILES string of the molecule is COC(C)CC(C)OB1OC(C)CC(C)O1. The third-order valence-electron chi connectivity index (χ3n) is 2.76. The van der Waals surface area contributed by atoms with Crippen molar-refractivity contribution in [3.05, 3.63) is 0 Å². The van der Waals surface area contributed by atoms with Crippen LogP contribution in [0.1, 0.15) is 40.5 Å². The minimum absolute atomic E-state index is 0.0671. The van der Waals surface area contributed by atoms with Crippen molar-refractivity contribution >= 4 is 7.32 Å². The molecule has 0 aliphatic carbocycles. The Morgan fingerprint density at radius 2 is 1.75 bits per heavy atom. The van der Waals surface area contributed by atoms with Crippen molar-refractivity contribution in [2.45, 2.75) is 65.0 Å². The van der Waals surface area contributed by atoms with Crippen LogP contribution in [-0.4, -0.2) is 38.8 Å². The van der Waals surface area contributed by atoms with E-state index in [-0.39, 0.29) is 24.4 Å². The average Bonchev–Trinajstić information content (AvgIpc) is 2.15. The molecule has 4 unspecified atom stereocenters. The van der Waals surface area contributed by atoms with Crippen molar-refractivity contribution in [3.63, 3.8) is 0 Å². The molecule has 1 saturated heterocycles. The summed E-state index contributed by atoms with van der Waals surface area (Å²) in [5.41, 5.74) is 0. The van der Waals surface area contributed by atoms with Crippen molar-refractivity contribution in [1.82, 2.24) is 0 Å². The number of rotatable bonds is 5. The highest BCUT2D eigenvalue weighted by atomic mass is 16.7. The Morgan fingerprint density at radius 1 is 1.19 bits per heavy atom. The number of hydrogen-bond donors (Lipinski definition) is 0. The van der Waals surface area contributed by atoms with Gasteiger partial charge < -0.3 is 18.7 Å². The molecule has 0 aromatic heterocycles. The minimum atomic E-state index is -0.530. The summed E-state index contributed by atoms with van der Waals surface area (Å²) in [5, 5.41) is 0. The van der Waals surface area contributed by atoms with Crippen LogP contribution in [-0.2, 0) is 18.7 Å². The predicted molar refractivity (Wildman–Crippen MR) is 63.1 cm³/mol. The summed E-state index contributed by atoms with van der Waals surface area (Å²) in [5.74, 6) is 0. The van der Waals surface area contributed by atoms with Gasteiger partial charge in [0.25, 0.3) is 0 Å². The van der Waals surface area contributed by atoms with Gasteiger partial charge in [0.05, 0.1) is 6.10 Å². The maximum atomic E-state index is 5.68. The Balaban J connectivity index is 2.29. The van der Waals surface area contributed by atoms with Crippen LogP contribution in [0.2, 0.25) is 0 Å². The van der Waals surface area contributed by atoms with Gasteiger partial charge >= 0.3 is 7.32 Å². The van der Waals surface area contributed by atoms with Crippen LogP contribution >= 0.6 is 0 Å². The molecule has 94 valence electrons. The van der Waals surface area contributed by atoms with Crippen molar-refractivity contribution in [1.29, 1.82) is 0 Å². The maximum Gasteiger partial charge on any atom is 0.640 e. The van der Waals surface area contributed by atoms with Crippen LogP contribution in [0, 0.1) is 0 Å². The Hall–Kier alpha value is -0.0951. The summed E-state index contributed by atoms with van der Waals surface area (Å²) in [6.07, 6.45) is 2.40. The van der Waals surface area contributed by atoms with Crippen LogP contribution in [0.5, 0.6) is 0 Å². The van der Waals surface area contributed by atoms with Gasteiger partial charge in [0.2, 0.25) is 0 Å². The highest BCUT2D eigenvalue weighted by Gasteiger charge is 2.34. The molecule has 0 saturated carbocycles. The molecule has 1 aliphatic rings. The first-order valence-electron chi connectivity index (χ1n) is 6.00.